The molecule has 1 aliphatic rings. The average Bonchev–Trinajstić information content (AvgIpc) is 2.75. The summed E-state index contributed by atoms with van der Waals surface area (Å²) < 4.78 is 5.45. The van der Waals surface area contributed by atoms with Gasteiger partial charge in [-0.25, -0.2) is 0 Å². The van der Waals surface area contributed by atoms with Crippen molar-refractivity contribution < 1.29 is 14.3 Å². The minimum Gasteiger partial charge on any atom is -0.494 e. The van der Waals surface area contributed by atoms with Crippen molar-refractivity contribution >= 4 is 11.8 Å². The number of ether oxygens (including phenoxy) is 1. The van der Waals surface area contributed by atoms with E-state index >= 15 is 0 Å². The second kappa shape index (κ2) is 9.99. The summed E-state index contributed by atoms with van der Waals surface area (Å²) >= 11 is 0. The van der Waals surface area contributed by atoms with E-state index in [1.165, 1.54) is 5.56 Å². The molecule has 2 aromatic rings. The highest BCUT2D eigenvalue weighted by atomic mass is 16.5. The molecule has 5 heteroatoms. The number of benzene rings is 2. The summed E-state index contributed by atoms with van der Waals surface area (Å²) in [4.78, 5) is 27.2. The third kappa shape index (κ3) is 6.33. The molecule has 5 nitrogen and oxygen atoms in total. The van der Waals surface area contributed by atoms with Gasteiger partial charge in [0.15, 0.2) is 0 Å². The van der Waals surface area contributed by atoms with Crippen LogP contribution in [0.1, 0.15) is 62.0 Å². The van der Waals surface area contributed by atoms with Gasteiger partial charge in [0.2, 0.25) is 5.91 Å². The minimum atomic E-state index is -0.0420. The Bertz CT molecular complexity index is 874. The molecule has 0 spiro atoms. The van der Waals surface area contributed by atoms with E-state index in [1.807, 2.05) is 60.4 Å². The molecule has 3 rings (SSSR count). The summed E-state index contributed by atoms with van der Waals surface area (Å²) in [7, 11) is 0. The summed E-state index contributed by atoms with van der Waals surface area (Å²) in [6.07, 6.45) is 1.95. The zero-order chi connectivity index (χ0) is 22.4. The van der Waals surface area contributed by atoms with Crippen molar-refractivity contribution in [2.24, 2.45) is 0 Å². The maximum absolute atomic E-state index is 12.6. The van der Waals surface area contributed by atoms with Crippen LogP contribution >= 0.6 is 0 Å². The Hall–Kier alpha value is -2.82. The summed E-state index contributed by atoms with van der Waals surface area (Å²) in [6.45, 7) is 10.4. The summed E-state index contributed by atoms with van der Waals surface area (Å²) in [5.41, 5.74) is 2.95. The normalized spacial score (nSPS) is 14.9. The molecule has 1 aliphatic heterocycles. The third-order valence-corrected chi connectivity index (χ3v) is 5.79. The first-order chi connectivity index (χ1) is 14.8. The summed E-state index contributed by atoms with van der Waals surface area (Å²) in [6, 6.07) is 15.6. The van der Waals surface area contributed by atoms with Crippen molar-refractivity contribution in [2.45, 2.75) is 58.4 Å². The Morgan fingerprint density at radius 3 is 2.16 bits per heavy atom. The predicted molar refractivity (Wildman–Crippen MR) is 124 cm³/mol. The highest BCUT2D eigenvalue weighted by molar-refractivity contribution is 5.94. The van der Waals surface area contributed by atoms with Crippen molar-refractivity contribution in [1.82, 2.24) is 10.2 Å². The largest absolute Gasteiger partial charge is 0.494 e. The molecule has 0 bridgehead atoms. The molecule has 0 saturated carbocycles. The van der Waals surface area contributed by atoms with Gasteiger partial charge in [0.1, 0.15) is 5.75 Å². The fourth-order valence-electron chi connectivity index (χ4n) is 3.82. The first kappa shape index (κ1) is 22.9. The van der Waals surface area contributed by atoms with Gasteiger partial charge in [-0.1, -0.05) is 45.0 Å². The number of carbonyl (C=O) groups excluding carboxylic acids is 2. The van der Waals surface area contributed by atoms with Gasteiger partial charge in [-0.05, 0) is 60.6 Å². The molecule has 0 radical (unpaired) electrons. The van der Waals surface area contributed by atoms with Crippen molar-refractivity contribution in [3.63, 3.8) is 0 Å². The second-order valence-electron chi connectivity index (χ2n) is 9.21. The SMILES string of the molecule is CCOc1ccc(CC(=O)N2CCC(NC(=O)c3ccc(C(C)(C)C)cc3)CC2)cc1. The first-order valence-electron chi connectivity index (χ1n) is 11.2. The quantitative estimate of drug-likeness (QED) is 0.753. The standard InChI is InChI=1S/C26H34N2O3/c1-5-31-23-12-6-19(7-13-23)18-24(29)28-16-14-22(15-17-28)27-25(30)20-8-10-21(11-9-20)26(2,3)4/h6-13,22H,5,14-18H2,1-4H3,(H,27,30). The monoisotopic (exact) mass is 422 g/mol. The van der Waals surface area contributed by atoms with E-state index < -0.39 is 0 Å². The number of nitrogens with zero attached hydrogens (tertiary/aromatic N) is 1. The van der Waals surface area contributed by atoms with E-state index in [2.05, 4.69) is 26.1 Å². The number of amides is 2. The molecule has 0 unspecified atom stereocenters. The molecular formula is C26H34N2O3. The van der Waals surface area contributed by atoms with E-state index in [0.717, 1.165) is 24.2 Å². The minimum absolute atomic E-state index is 0.0420. The summed E-state index contributed by atoms with van der Waals surface area (Å²) in [5.74, 6) is 0.912. The molecule has 1 heterocycles. The number of piperidine rings is 1. The maximum atomic E-state index is 12.6. The fraction of sp³-hybridized carbons (Fsp3) is 0.462. The molecule has 0 aromatic heterocycles. The van der Waals surface area contributed by atoms with E-state index in [-0.39, 0.29) is 23.3 Å². The van der Waals surface area contributed by atoms with E-state index in [9.17, 15) is 9.59 Å². The van der Waals surface area contributed by atoms with E-state index in [0.29, 0.717) is 31.7 Å². The van der Waals surface area contributed by atoms with Crippen LogP contribution in [0.3, 0.4) is 0 Å². The molecule has 2 aromatic carbocycles. The molecule has 166 valence electrons. The zero-order valence-electron chi connectivity index (χ0n) is 19.1. The van der Waals surface area contributed by atoms with Gasteiger partial charge < -0.3 is 15.0 Å². The Balaban J connectivity index is 1.46. The topological polar surface area (TPSA) is 58.6 Å². The predicted octanol–water partition coefficient (Wildman–Crippen LogP) is 4.35. The van der Waals surface area contributed by atoms with Crippen LogP contribution in [0.4, 0.5) is 0 Å². The Morgan fingerprint density at radius 2 is 1.61 bits per heavy atom. The number of rotatable bonds is 6. The smallest absolute Gasteiger partial charge is 0.251 e. The molecule has 1 N–H and O–H groups in total. The van der Waals surface area contributed by atoms with Gasteiger partial charge in [0.25, 0.3) is 5.91 Å². The maximum Gasteiger partial charge on any atom is 0.251 e. The van der Waals surface area contributed by atoms with Crippen LogP contribution in [-0.4, -0.2) is 42.5 Å². The molecule has 31 heavy (non-hydrogen) atoms. The molecule has 0 aliphatic carbocycles. The molecule has 2 amide bonds. The van der Waals surface area contributed by atoms with Crippen molar-refractivity contribution in [3.8, 4) is 5.75 Å². The van der Waals surface area contributed by atoms with Crippen molar-refractivity contribution in [2.75, 3.05) is 19.7 Å². The van der Waals surface area contributed by atoms with E-state index in [4.69, 9.17) is 4.74 Å². The first-order valence-corrected chi connectivity index (χ1v) is 11.2. The van der Waals surface area contributed by atoms with Gasteiger partial charge >= 0.3 is 0 Å². The van der Waals surface area contributed by atoms with Gasteiger partial charge in [-0.15, -0.1) is 0 Å². The third-order valence-electron chi connectivity index (χ3n) is 5.79. The van der Waals surface area contributed by atoms with Crippen LogP contribution in [0.25, 0.3) is 0 Å². The summed E-state index contributed by atoms with van der Waals surface area (Å²) in [5, 5.41) is 3.13. The molecule has 0 atom stereocenters. The Labute approximate surface area is 185 Å². The van der Waals surface area contributed by atoms with Gasteiger partial charge in [-0.3, -0.25) is 9.59 Å². The average molecular weight is 423 g/mol. The highest BCUT2D eigenvalue weighted by Gasteiger charge is 2.24. The zero-order valence-corrected chi connectivity index (χ0v) is 19.1. The van der Waals surface area contributed by atoms with Gasteiger partial charge in [-0.2, -0.15) is 0 Å². The number of nitrogens with one attached hydrogen (secondary N) is 1. The van der Waals surface area contributed by atoms with Crippen LogP contribution in [0.15, 0.2) is 48.5 Å². The molecular weight excluding hydrogens is 388 g/mol. The fourth-order valence-corrected chi connectivity index (χ4v) is 3.82. The van der Waals surface area contributed by atoms with Crippen molar-refractivity contribution in [1.29, 1.82) is 0 Å². The Kier molecular flexibility index (Phi) is 7.37. The number of carbonyl (C=O) groups is 2. The van der Waals surface area contributed by atoms with Gasteiger partial charge in [0.05, 0.1) is 13.0 Å². The number of hydrogen-bond acceptors (Lipinski definition) is 3. The van der Waals surface area contributed by atoms with E-state index in [1.54, 1.807) is 0 Å². The second-order valence-corrected chi connectivity index (χ2v) is 9.21. The van der Waals surface area contributed by atoms with Crippen molar-refractivity contribution in [3.05, 3.63) is 65.2 Å². The lowest BCUT2D eigenvalue weighted by Gasteiger charge is -2.32. The number of hydrogen-bond donors (Lipinski definition) is 1. The van der Waals surface area contributed by atoms with Crippen LogP contribution < -0.4 is 10.1 Å². The van der Waals surface area contributed by atoms with Gasteiger partial charge in [0, 0.05) is 24.7 Å². The van der Waals surface area contributed by atoms with Crippen LogP contribution in [-0.2, 0) is 16.6 Å². The lowest BCUT2D eigenvalue weighted by Crippen LogP contribution is -2.47. The Morgan fingerprint density at radius 1 is 1.00 bits per heavy atom. The highest BCUT2D eigenvalue weighted by Crippen LogP contribution is 2.22. The van der Waals surface area contributed by atoms with Crippen LogP contribution in [0.5, 0.6) is 5.75 Å². The lowest BCUT2D eigenvalue weighted by molar-refractivity contribution is -0.131. The number of likely N-dealkylation sites (tertiary alicyclic amines) is 1. The molecule has 1 fully saturated rings. The molecule has 1 saturated heterocycles. The van der Waals surface area contributed by atoms with Crippen LogP contribution in [0, 0.1) is 0 Å². The van der Waals surface area contributed by atoms with Crippen LogP contribution in [0.2, 0.25) is 0 Å². The lowest BCUT2D eigenvalue weighted by atomic mass is 9.86.